The normalized spacial score (nSPS) is 10.5. The van der Waals surface area contributed by atoms with Crippen LogP contribution >= 0.6 is 0 Å². The van der Waals surface area contributed by atoms with E-state index in [9.17, 15) is 14.0 Å². The first-order chi connectivity index (χ1) is 17.9. The topological polar surface area (TPSA) is 97.7 Å². The second kappa shape index (κ2) is 13.8. The molecule has 0 unspecified atom stereocenters. The largest absolute Gasteiger partial charge is 0.493 e. The van der Waals surface area contributed by atoms with Crippen molar-refractivity contribution in [1.29, 1.82) is 5.41 Å². The lowest BCUT2D eigenvalue weighted by Gasteiger charge is -2.14. The molecule has 2 N–H and O–H groups in total. The Bertz CT molecular complexity index is 1230. The van der Waals surface area contributed by atoms with Gasteiger partial charge in [-0.1, -0.05) is 13.3 Å². The summed E-state index contributed by atoms with van der Waals surface area (Å²) in [4.78, 5) is 24.1. The molecule has 0 radical (unpaired) electrons. The summed E-state index contributed by atoms with van der Waals surface area (Å²) < 4.78 is 29.6. The number of anilines is 1. The van der Waals surface area contributed by atoms with Crippen LogP contribution < -0.4 is 14.8 Å². The molecular weight excluding hydrogens is 475 g/mol. The van der Waals surface area contributed by atoms with Gasteiger partial charge in [0.15, 0.2) is 5.78 Å². The Hall–Kier alpha value is -4.20. The molecule has 0 spiro atoms. The lowest BCUT2D eigenvalue weighted by molar-refractivity contribution is -0.138. The number of ether oxygens (including phenoxy) is 3. The Morgan fingerprint density at radius 3 is 2.41 bits per heavy atom. The SMILES string of the molecule is CCCc1cc(C(=O)c2ccc(F)cc2)ccc1OCCCOc1ccc(NCC(=O)OC)c(C=N)c1. The van der Waals surface area contributed by atoms with Crippen molar-refractivity contribution in [2.24, 2.45) is 0 Å². The first-order valence-corrected chi connectivity index (χ1v) is 12.1. The molecule has 0 saturated heterocycles. The van der Waals surface area contributed by atoms with Crippen LogP contribution in [0.15, 0.2) is 60.7 Å². The van der Waals surface area contributed by atoms with Crippen molar-refractivity contribution in [2.45, 2.75) is 26.2 Å². The van der Waals surface area contributed by atoms with Gasteiger partial charge in [0.25, 0.3) is 0 Å². The zero-order valence-corrected chi connectivity index (χ0v) is 21.0. The van der Waals surface area contributed by atoms with Crippen molar-refractivity contribution in [3.8, 4) is 11.5 Å². The van der Waals surface area contributed by atoms with E-state index in [4.69, 9.17) is 14.9 Å². The zero-order chi connectivity index (χ0) is 26.6. The Balaban J connectivity index is 1.54. The predicted molar refractivity (Wildman–Crippen MR) is 141 cm³/mol. The molecule has 194 valence electrons. The average Bonchev–Trinajstić information content (AvgIpc) is 2.92. The quantitative estimate of drug-likeness (QED) is 0.131. The van der Waals surface area contributed by atoms with E-state index < -0.39 is 5.97 Å². The second-order valence-electron chi connectivity index (χ2n) is 8.28. The van der Waals surface area contributed by atoms with Gasteiger partial charge in [0, 0.05) is 35.0 Å². The van der Waals surface area contributed by atoms with Crippen molar-refractivity contribution in [3.63, 3.8) is 0 Å². The van der Waals surface area contributed by atoms with Crippen molar-refractivity contribution in [3.05, 3.63) is 88.7 Å². The van der Waals surface area contributed by atoms with E-state index in [-0.39, 0.29) is 18.1 Å². The molecule has 3 aromatic carbocycles. The summed E-state index contributed by atoms with van der Waals surface area (Å²) in [6.45, 7) is 2.91. The Kier molecular flexibility index (Phi) is 10.2. The van der Waals surface area contributed by atoms with Crippen molar-refractivity contribution >= 4 is 23.7 Å². The van der Waals surface area contributed by atoms with Gasteiger partial charge in [-0.3, -0.25) is 9.59 Å². The molecule has 0 heterocycles. The fourth-order valence-corrected chi connectivity index (χ4v) is 3.68. The summed E-state index contributed by atoms with van der Waals surface area (Å²) >= 11 is 0. The minimum atomic E-state index is -0.396. The summed E-state index contributed by atoms with van der Waals surface area (Å²) in [5, 5.41) is 10.5. The number of aryl methyl sites for hydroxylation is 1. The predicted octanol–water partition coefficient (Wildman–Crippen LogP) is 5.44. The number of hydrogen-bond acceptors (Lipinski definition) is 7. The van der Waals surface area contributed by atoms with Crippen molar-refractivity contribution < 1.29 is 28.2 Å². The molecule has 0 aromatic heterocycles. The van der Waals surface area contributed by atoms with Gasteiger partial charge in [0.1, 0.15) is 23.9 Å². The Labute approximate surface area is 216 Å². The molecule has 3 aromatic rings. The highest BCUT2D eigenvalue weighted by Crippen LogP contribution is 2.24. The van der Waals surface area contributed by atoms with Crippen LogP contribution in [-0.4, -0.2) is 44.8 Å². The van der Waals surface area contributed by atoms with Gasteiger partial charge < -0.3 is 24.9 Å². The number of methoxy groups -OCH3 is 1. The van der Waals surface area contributed by atoms with E-state index in [0.717, 1.165) is 24.2 Å². The Morgan fingerprint density at radius 2 is 1.70 bits per heavy atom. The number of ketones is 1. The maximum atomic E-state index is 13.2. The van der Waals surface area contributed by atoms with E-state index in [0.29, 0.717) is 47.8 Å². The highest BCUT2D eigenvalue weighted by molar-refractivity contribution is 6.09. The standard InChI is InChI=1S/C29H31FN2O5/c1-3-5-21-16-22(29(34)20-6-9-24(30)10-7-20)8-13-27(21)37-15-4-14-36-25-11-12-26(23(17-25)18-31)32-19-28(33)35-2/h6-13,16-18,31-32H,3-5,14-15,19H2,1-2H3. The fraction of sp³-hybridized carbons (Fsp3) is 0.276. The molecule has 0 atom stereocenters. The number of hydrogen-bond donors (Lipinski definition) is 2. The van der Waals surface area contributed by atoms with Crippen LogP contribution in [0.3, 0.4) is 0 Å². The first-order valence-electron chi connectivity index (χ1n) is 12.1. The number of rotatable bonds is 14. The molecule has 37 heavy (non-hydrogen) atoms. The highest BCUT2D eigenvalue weighted by Gasteiger charge is 2.13. The number of halogens is 1. The number of carbonyl (C=O) groups is 2. The van der Waals surface area contributed by atoms with Crippen LogP contribution in [0.5, 0.6) is 11.5 Å². The number of carbonyl (C=O) groups excluding carboxylic acids is 2. The van der Waals surface area contributed by atoms with Crippen LogP contribution in [0.4, 0.5) is 10.1 Å². The van der Waals surface area contributed by atoms with Gasteiger partial charge >= 0.3 is 5.97 Å². The molecule has 3 rings (SSSR count). The van der Waals surface area contributed by atoms with E-state index in [1.807, 2.05) is 6.07 Å². The van der Waals surface area contributed by atoms with Crippen LogP contribution in [0.2, 0.25) is 0 Å². The molecule has 0 amide bonds. The average molecular weight is 507 g/mol. The van der Waals surface area contributed by atoms with E-state index in [1.54, 1.807) is 30.3 Å². The van der Waals surface area contributed by atoms with Gasteiger partial charge in [0.2, 0.25) is 0 Å². The number of benzene rings is 3. The molecular formula is C29H31FN2O5. The van der Waals surface area contributed by atoms with E-state index in [2.05, 4.69) is 17.0 Å². The zero-order valence-electron chi connectivity index (χ0n) is 21.0. The summed E-state index contributed by atoms with van der Waals surface area (Å²) in [7, 11) is 1.32. The van der Waals surface area contributed by atoms with Gasteiger partial charge in [-0.2, -0.15) is 0 Å². The lowest BCUT2D eigenvalue weighted by atomic mass is 9.99. The fourth-order valence-electron chi connectivity index (χ4n) is 3.68. The molecule has 0 aliphatic carbocycles. The number of nitrogens with one attached hydrogen (secondary N) is 2. The third kappa shape index (κ3) is 7.90. The second-order valence-corrected chi connectivity index (χ2v) is 8.28. The van der Waals surface area contributed by atoms with E-state index in [1.165, 1.54) is 37.6 Å². The van der Waals surface area contributed by atoms with E-state index >= 15 is 0 Å². The third-order valence-corrected chi connectivity index (χ3v) is 5.59. The van der Waals surface area contributed by atoms with Crippen LogP contribution in [0, 0.1) is 11.2 Å². The molecule has 0 aliphatic rings. The monoisotopic (exact) mass is 506 g/mol. The van der Waals surface area contributed by atoms with Gasteiger partial charge in [-0.15, -0.1) is 0 Å². The summed E-state index contributed by atoms with van der Waals surface area (Å²) in [5.74, 6) is 0.401. The lowest BCUT2D eigenvalue weighted by Crippen LogP contribution is -2.15. The summed E-state index contributed by atoms with van der Waals surface area (Å²) in [6, 6.07) is 16.1. The molecule has 0 fully saturated rings. The molecule has 0 bridgehead atoms. The smallest absolute Gasteiger partial charge is 0.325 e. The molecule has 0 aliphatic heterocycles. The summed E-state index contributed by atoms with van der Waals surface area (Å²) in [6.07, 6.45) is 3.48. The van der Waals surface area contributed by atoms with Crippen molar-refractivity contribution in [2.75, 3.05) is 32.2 Å². The van der Waals surface area contributed by atoms with Gasteiger partial charge in [0.05, 0.1) is 20.3 Å². The molecule has 7 nitrogen and oxygen atoms in total. The van der Waals surface area contributed by atoms with Crippen LogP contribution in [-0.2, 0) is 16.0 Å². The third-order valence-electron chi connectivity index (χ3n) is 5.59. The van der Waals surface area contributed by atoms with Crippen LogP contribution in [0.1, 0.15) is 46.8 Å². The minimum Gasteiger partial charge on any atom is -0.493 e. The minimum absolute atomic E-state index is 0.0102. The maximum Gasteiger partial charge on any atom is 0.325 e. The molecule has 0 saturated carbocycles. The van der Waals surface area contributed by atoms with Crippen molar-refractivity contribution in [1.82, 2.24) is 0 Å². The van der Waals surface area contributed by atoms with Gasteiger partial charge in [-0.05, 0) is 72.6 Å². The highest BCUT2D eigenvalue weighted by atomic mass is 19.1. The number of esters is 1. The van der Waals surface area contributed by atoms with Crippen LogP contribution in [0.25, 0.3) is 0 Å². The van der Waals surface area contributed by atoms with Gasteiger partial charge in [-0.25, -0.2) is 4.39 Å². The first kappa shape index (κ1) is 27.4. The molecule has 8 heteroatoms. The Morgan fingerprint density at radius 1 is 0.973 bits per heavy atom. The maximum absolute atomic E-state index is 13.2. The summed E-state index contributed by atoms with van der Waals surface area (Å²) in [5.41, 5.74) is 3.16.